The molecular formula is C9H6FNO4. The van der Waals surface area contributed by atoms with E-state index in [-0.39, 0.29) is 11.8 Å². The molecule has 78 valence electrons. The van der Waals surface area contributed by atoms with Crippen LogP contribution in [0.3, 0.4) is 0 Å². The van der Waals surface area contributed by atoms with Crippen LogP contribution in [0.15, 0.2) is 12.1 Å². The van der Waals surface area contributed by atoms with Gasteiger partial charge in [-0.3, -0.25) is 19.7 Å². The van der Waals surface area contributed by atoms with E-state index in [1.54, 1.807) is 0 Å². The lowest BCUT2D eigenvalue weighted by molar-refractivity contribution is -0.387. The predicted molar refractivity (Wildman–Crippen MR) is 48.4 cm³/mol. The first kappa shape index (κ1) is 11.0. The van der Waals surface area contributed by atoms with Gasteiger partial charge in [0, 0.05) is 0 Å². The van der Waals surface area contributed by atoms with Gasteiger partial charge in [-0.15, -0.1) is 0 Å². The number of rotatable bonds is 3. The maximum atomic E-state index is 13.4. The minimum atomic E-state index is -1.27. The summed E-state index contributed by atoms with van der Waals surface area (Å²) in [5, 5.41) is 10.5. The SMILES string of the molecule is CC(=O)c1ccc(C=O)c([N+](=O)[O-])c1F. The molecule has 0 N–H and O–H groups in total. The highest BCUT2D eigenvalue weighted by Crippen LogP contribution is 2.24. The number of carbonyl (C=O) groups is 2. The molecule has 1 rings (SSSR count). The Morgan fingerprint density at radius 3 is 2.53 bits per heavy atom. The molecule has 1 aromatic carbocycles. The van der Waals surface area contributed by atoms with Crippen molar-refractivity contribution < 1.29 is 18.9 Å². The van der Waals surface area contributed by atoms with E-state index in [9.17, 15) is 24.1 Å². The molecule has 0 aliphatic heterocycles. The van der Waals surface area contributed by atoms with Crippen LogP contribution in [0.25, 0.3) is 0 Å². The van der Waals surface area contributed by atoms with Crippen LogP contribution < -0.4 is 0 Å². The van der Waals surface area contributed by atoms with Crippen LogP contribution in [0.4, 0.5) is 10.1 Å². The molecule has 5 nitrogen and oxygen atoms in total. The second-order valence-corrected chi connectivity index (χ2v) is 2.80. The minimum absolute atomic E-state index is 0.172. The Kier molecular flexibility index (Phi) is 2.89. The number of benzene rings is 1. The van der Waals surface area contributed by atoms with E-state index in [0.717, 1.165) is 19.1 Å². The van der Waals surface area contributed by atoms with E-state index in [0.29, 0.717) is 0 Å². The number of hydrogen-bond acceptors (Lipinski definition) is 4. The number of aldehydes is 1. The van der Waals surface area contributed by atoms with E-state index in [4.69, 9.17) is 0 Å². The zero-order chi connectivity index (χ0) is 11.6. The minimum Gasteiger partial charge on any atom is -0.298 e. The Morgan fingerprint density at radius 1 is 1.53 bits per heavy atom. The van der Waals surface area contributed by atoms with Crippen LogP contribution in [-0.2, 0) is 0 Å². The van der Waals surface area contributed by atoms with E-state index >= 15 is 0 Å². The fraction of sp³-hybridized carbons (Fsp3) is 0.111. The van der Waals surface area contributed by atoms with Gasteiger partial charge in [0.05, 0.1) is 16.1 Å². The largest absolute Gasteiger partial charge is 0.315 e. The third-order valence-corrected chi connectivity index (χ3v) is 1.84. The zero-order valence-corrected chi connectivity index (χ0v) is 7.69. The van der Waals surface area contributed by atoms with Gasteiger partial charge in [-0.05, 0) is 19.1 Å². The molecule has 1 aromatic rings. The summed E-state index contributed by atoms with van der Waals surface area (Å²) in [6.45, 7) is 1.09. The first-order chi connectivity index (χ1) is 6.99. The number of Topliss-reactive ketones (excluding diaryl/α,β-unsaturated/α-hetero) is 1. The first-order valence-electron chi connectivity index (χ1n) is 3.92. The van der Waals surface area contributed by atoms with Crippen molar-refractivity contribution in [2.75, 3.05) is 0 Å². The summed E-state index contributed by atoms with van der Waals surface area (Å²) in [5.41, 5.74) is -1.74. The number of ketones is 1. The Morgan fingerprint density at radius 2 is 2.13 bits per heavy atom. The molecule has 0 fully saturated rings. The molecule has 0 aliphatic carbocycles. The topological polar surface area (TPSA) is 77.3 Å². The fourth-order valence-corrected chi connectivity index (χ4v) is 1.13. The maximum Gasteiger partial charge on any atom is 0.315 e. The van der Waals surface area contributed by atoms with E-state index in [2.05, 4.69) is 0 Å². The van der Waals surface area contributed by atoms with Crippen molar-refractivity contribution >= 4 is 17.8 Å². The summed E-state index contributed by atoms with van der Waals surface area (Å²) < 4.78 is 13.4. The number of carbonyl (C=O) groups excluding carboxylic acids is 2. The van der Waals surface area contributed by atoms with E-state index in [1.165, 1.54) is 0 Å². The van der Waals surface area contributed by atoms with Gasteiger partial charge in [-0.25, -0.2) is 0 Å². The molecule has 0 bridgehead atoms. The van der Waals surface area contributed by atoms with Crippen molar-refractivity contribution in [3.63, 3.8) is 0 Å². The highest BCUT2D eigenvalue weighted by atomic mass is 19.1. The Hall–Kier alpha value is -2.11. The van der Waals surface area contributed by atoms with Crippen molar-refractivity contribution in [3.05, 3.63) is 39.2 Å². The van der Waals surface area contributed by atoms with Crippen LogP contribution in [-0.4, -0.2) is 17.0 Å². The molecule has 0 saturated carbocycles. The second kappa shape index (κ2) is 3.95. The number of nitrogens with zero attached hydrogens (tertiary/aromatic N) is 1. The van der Waals surface area contributed by atoms with Crippen molar-refractivity contribution in [3.8, 4) is 0 Å². The van der Waals surface area contributed by atoms with Gasteiger partial charge in [-0.1, -0.05) is 0 Å². The molecule has 6 heteroatoms. The lowest BCUT2D eigenvalue weighted by atomic mass is 10.1. The highest BCUT2D eigenvalue weighted by molar-refractivity contribution is 5.96. The molecule has 0 spiro atoms. The highest BCUT2D eigenvalue weighted by Gasteiger charge is 2.24. The molecule has 0 heterocycles. The Bertz CT molecular complexity index is 456. The molecule has 0 unspecified atom stereocenters. The van der Waals surface area contributed by atoms with Gasteiger partial charge in [-0.2, -0.15) is 4.39 Å². The summed E-state index contributed by atoms with van der Waals surface area (Å²) in [7, 11) is 0. The van der Waals surface area contributed by atoms with Gasteiger partial charge in [0.1, 0.15) is 0 Å². The monoisotopic (exact) mass is 211 g/mol. The molecule has 0 saturated heterocycles. The van der Waals surface area contributed by atoms with Crippen molar-refractivity contribution in [2.24, 2.45) is 0 Å². The Labute approximate surface area is 83.7 Å². The van der Waals surface area contributed by atoms with Gasteiger partial charge in [0.2, 0.25) is 5.82 Å². The van der Waals surface area contributed by atoms with Crippen molar-refractivity contribution in [1.29, 1.82) is 0 Å². The second-order valence-electron chi connectivity index (χ2n) is 2.80. The van der Waals surface area contributed by atoms with Crippen LogP contribution in [0.5, 0.6) is 0 Å². The quantitative estimate of drug-likeness (QED) is 0.330. The number of halogens is 1. The number of nitro groups is 1. The maximum absolute atomic E-state index is 13.4. The number of nitro benzene ring substituents is 1. The molecule has 0 atom stereocenters. The Balaban J connectivity index is 3.56. The summed E-state index contributed by atoms with van der Waals surface area (Å²) >= 11 is 0. The zero-order valence-electron chi connectivity index (χ0n) is 7.69. The predicted octanol–water partition coefficient (Wildman–Crippen LogP) is 1.75. The van der Waals surface area contributed by atoms with Gasteiger partial charge >= 0.3 is 5.69 Å². The smallest absolute Gasteiger partial charge is 0.298 e. The standard InChI is InChI=1S/C9H6FNO4/c1-5(13)7-3-2-6(4-12)9(8(7)10)11(14)15/h2-4H,1H3. The molecular weight excluding hydrogens is 205 g/mol. The molecule has 0 amide bonds. The van der Waals surface area contributed by atoms with Crippen LogP contribution in [0.1, 0.15) is 27.6 Å². The lowest BCUT2D eigenvalue weighted by Crippen LogP contribution is -2.04. The van der Waals surface area contributed by atoms with Crippen molar-refractivity contribution in [1.82, 2.24) is 0 Å². The summed E-state index contributed by atoms with van der Waals surface area (Å²) in [4.78, 5) is 30.7. The fourth-order valence-electron chi connectivity index (χ4n) is 1.13. The first-order valence-corrected chi connectivity index (χ1v) is 3.92. The lowest BCUT2D eigenvalue weighted by Gasteiger charge is -2.01. The van der Waals surface area contributed by atoms with Gasteiger partial charge in [0.25, 0.3) is 0 Å². The van der Waals surface area contributed by atoms with Crippen LogP contribution >= 0.6 is 0 Å². The molecule has 0 radical (unpaired) electrons. The van der Waals surface area contributed by atoms with Crippen LogP contribution in [0.2, 0.25) is 0 Å². The average molecular weight is 211 g/mol. The molecule has 0 aliphatic rings. The third-order valence-electron chi connectivity index (χ3n) is 1.84. The van der Waals surface area contributed by atoms with E-state index < -0.39 is 27.8 Å². The van der Waals surface area contributed by atoms with Gasteiger partial charge < -0.3 is 0 Å². The summed E-state index contributed by atoms with van der Waals surface area (Å²) in [5.74, 6) is -1.90. The van der Waals surface area contributed by atoms with Crippen molar-refractivity contribution in [2.45, 2.75) is 6.92 Å². The third kappa shape index (κ3) is 1.88. The summed E-state index contributed by atoms with van der Waals surface area (Å²) in [6, 6.07) is 2.10. The van der Waals surface area contributed by atoms with Gasteiger partial charge in [0.15, 0.2) is 12.1 Å². The molecule has 0 aromatic heterocycles. The number of hydrogen-bond donors (Lipinski definition) is 0. The average Bonchev–Trinajstić information content (AvgIpc) is 2.15. The van der Waals surface area contributed by atoms with Crippen LogP contribution in [0, 0.1) is 15.9 Å². The normalized spacial score (nSPS) is 9.73. The molecule has 15 heavy (non-hydrogen) atoms. The summed E-state index contributed by atoms with van der Waals surface area (Å²) in [6.07, 6.45) is 0.172. The van der Waals surface area contributed by atoms with E-state index in [1.807, 2.05) is 0 Å².